The molecule has 0 amide bonds. The lowest BCUT2D eigenvalue weighted by Gasteiger charge is -2.50. The maximum absolute atomic E-state index is 13.0. The minimum atomic E-state index is 0.0107. The van der Waals surface area contributed by atoms with Crippen molar-refractivity contribution in [3.8, 4) is 0 Å². The van der Waals surface area contributed by atoms with Crippen molar-refractivity contribution in [2.45, 2.75) is 70.4 Å². The fourth-order valence-corrected chi connectivity index (χ4v) is 6.88. The van der Waals surface area contributed by atoms with Crippen LogP contribution >= 0.6 is 0 Å². The molecular weight excluding hydrogens is 360 g/mol. The molecule has 2 aliphatic heterocycles. The summed E-state index contributed by atoms with van der Waals surface area (Å²) in [5.74, 6) is 0.969. The number of aromatic nitrogens is 1. The van der Waals surface area contributed by atoms with Gasteiger partial charge >= 0.3 is 5.97 Å². The van der Waals surface area contributed by atoms with Crippen molar-refractivity contribution in [2.75, 3.05) is 13.1 Å². The van der Waals surface area contributed by atoms with E-state index in [-0.39, 0.29) is 23.4 Å². The van der Waals surface area contributed by atoms with E-state index < -0.39 is 0 Å². The first-order valence-corrected chi connectivity index (χ1v) is 11.6. The Morgan fingerprint density at radius 1 is 1.34 bits per heavy atom. The van der Waals surface area contributed by atoms with E-state index >= 15 is 0 Å². The van der Waals surface area contributed by atoms with Crippen molar-refractivity contribution in [3.05, 3.63) is 42.2 Å². The van der Waals surface area contributed by atoms with E-state index in [9.17, 15) is 4.79 Å². The molecule has 0 bridgehead atoms. The third kappa shape index (κ3) is 3.43. The van der Waals surface area contributed by atoms with Crippen LogP contribution in [0.15, 0.2) is 36.7 Å². The summed E-state index contributed by atoms with van der Waals surface area (Å²) >= 11 is 0. The number of hydrogen-bond donors (Lipinski definition) is 0. The summed E-state index contributed by atoms with van der Waals surface area (Å²) in [4.78, 5) is 19.8. The van der Waals surface area contributed by atoms with Crippen LogP contribution in [0, 0.1) is 23.2 Å². The van der Waals surface area contributed by atoms with Gasteiger partial charge in [0.25, 0.3) is 0 Å². The first-order chi connectivity index (χ1) is 14.0. The molecule has 0 spiro atoms. The van der Waals surface area contributed by atoms with Crippen LogP contribution in [0.5, 0.6) is 0 Å². The number of hydrogen-bond acceptors (Lipinski definition) is 4. The van der Waals surface area contributed by atoms with Gasteiger partial charge in [0.2, 0.25) is 0 Å². The molecule has 0 N–H and O–H groups in total. The van der Waals surface area contributed by atoms with E-state index in [1.165, 1.54) is 36.8 Å². The fraction of sp³-hybridized carbons (Fsp3) is 0.680. The molecule has 156 valence electrons. The molecule has 0 radical (unpaired) electrons. The predicted molar refractivity (Wildman–Crippen MR) is 113 cm³/mol. The minimum Gasteiger partial charge on any atom is -0.462 e. The zero-order chi connectivity index (χ0) is 20.0. The Morgan fingerprint density at radius 2 is 2.24 bits per heavy atom. The average Bonchev–Trinajstić information content (AvgIpc) is 3.01. The van der Waals surface area contributed by atoms with Crippen LogP contribution in [0.1, 0.15) is 69.9 Å². The number of carbonyl (C=O) groups is 1. The molecule has 1 aromatic heterocycles. The van der Waals surface area contributed by atoms with E-state index in [4.69, 9.17) is 4.74 Å². The van der Waals surface area contributed by atoms with Gasteiger partial charge < -0.3 is 4.74 Å². The Balaban J connectivity index is 1.35. The summed E-state index contributed by atoms with van der Waals surface area (Å²) < 4.78 is 6.00. The highest BCUT2D eigenvalue weighted by atomic mass is 16.6. The number of pyridine rings is 1. The van der Waals surface area contributed by atoms with Gasteiger partial charge in [0.15, 0.2) is 0 Å². The largest absolute Gasteiger partial charge is 0.462 e. The number of rotatable bonds is 3. The highest BCUT2D eigenvalue weighted by Gasteiger charge is 2.55. The molecule has 4 fully saturated rings. The van der Waals surface area contributed by atoms with Crippen molar-refractivity contribution in [1.82, 2.24) is 9.88 Å². The number of allylic oxidation sites excluding steroid dienone is 1. The maximum atomic E-state index is 13.0. The lowest BCUT2D eigenvalue weighted by Crippen LogP contribution is -2.46. The molecule has 4 aliphatic rings. The van der Waals surface area contributed by atoms with Crippen LogP contribution in [0.4, 0.5) is 0 Å². The Labute approximate surface area is 174 Å². The molecule has 0 unspecified atom stereocenters. The molecule has 29 heavy (non-hydrogen) atoms. The summed E-state index contributed by atoms with van der Waals surface area (Å²) in [7, 11) is 0. The smallest absolute Gasteiger partial charge is 0.310 e. The Kier molecular flexibility index (Phi) is 5.01. The number of piperidine rings is 1. The van der Waals surface area contributed by atoms with Gasteiger partial charge in [0, 0.05) is 30.9 Å². The molecule has 1 aromatic rings. The highest BCUT2D eigenvalue weighted by molar-refractivity contribution is 5.75. The molecule has 2 aliphatic carbocycles. The molecule has 4 heteroatoms. The molecule has 2 saturated heterocycles. The first-order valence-electron chi connectivity index (χ1n) is 11.6. The van der Waals surface area contributed by atoms with Crippen molar-refractivity contribution in [3.63, 3.8) is 0 Å². The van der Waals surface area contributed by atoms with Crippen molar-refractivity contribution >= 4 is 5.97 Å². The number of ether oxygens (including phenoxy) is 1. The van der Waals surface area contributed by atoms with Crippen LogP contribution in [-0.2, 0) is 9.53 Å². The highest BCUT2D eigenvalue weighted by Crippen LogP contribution is 2.57. The quantitative estimate of drug-likeness (QED) is 0.539. The van der Waals surface area contributed by atoms with Crippen molar-refractivity contribution in [1.29, 1.82) is 0 Å². The summed E-state index contributed by atoms with van der Waals surface area (Å²) in [6.07, 6.45) is 13.3. The molecule has 3 heterocycles. The molecule has 0 aromatic carbocycles. The predicted octanol–water partition coefficient (Wildman–Crippen LogP) is 4.92. The number of nitrogens with zero attached hydrogens (tertiary/aromatic N) is 2. The SMILES string of the molecule is C=C1CCC[C@]2(C)C[C@H]3OC(=O)[C@H](CN4CCCC[C@@H]4c4cccnc4)[C@H]3C[C@@H]12. The van der Waals surface area contributed by atoms with Gasteiger partial charge in [0.1, 0.15) is 6.10 Å². The minimum absolute atomic E-state index is 0.0107. The zero-order valence-corrected chi connectivity index (χ0v) is 17.7. The van der Waals surface area contributed by atoms with Gasteiger partial charge in [-0.1, -0.05) is 31.6 Å². The topological polar surface area (TPSA) is 42.4 Å². The summed E-state index contributed by atoms with van der Waals surface area (Å²) in [5, 5.41) is 0. The molecule has 2 saturated carbocycles. The lowest BCUT2D eigenvalue weighted by molar-refractivity contribution is -0.146. The second kappa shape index (κ2) is 7.54. The Morgan fingerprint density at radius 3 is 3.07 bits per heavy atom. The number of fused-ring (bicyclic) bond motifs is 2. The zero-order valence-electron chi connectivity index (χ0n) is 17.7. The fourth-order valence-electron chi connectivity index (χ4n) is 6.88. The van der Waals surface area contributed by atoms with Crippen molar-refractivity contribution < 1.29 is 9.53 Å². The summed E-state index contributed by atoms with van der Waals surface area (Å²) in [6, 6.07) is 4.59. The van der Waals surface area contributed by atoms with Gasteiger partial charge in [0.05, 0.1) is 5.92 Å². The van der Waals surface area contributed by atoms with Crippen LogP contribution in [0.2, 0.25) is 0 Å². The summed E-state index contributed by atoms with van der Waals surface area (Å²) in [5.41, 5.74) is 2.98. The number of carbonyl (C=O) groups excluding carboxylic acids is 1. The van der Waals surface area contributed by atoms with Crippen LogP contribution in [-0.4, -0.2) is 35.0 Å². The monoisotopic (exact) mass is 394 g/mol. The Hall–Kier alpha value is -1.68. The van der Waals surface area contributed by atoms with Gasteiger partial charge in [-0.25, -0.2) is 0 Å². The third-order valence-corrected chi connectivity index (χ3v) is 8.43. The van der Waals surface area contributed by atoms with Gasteiger partial charge in [-0.05, 0) is 74.5 Å². The number of esters is 1. The lowest BCUT2D eigenvalue weighted by atomic mass is 9.55. The Bertz CT molecular complexity index is 778. The maximum Gasteiger partial charge on any atom is 0.310 e. The van der Waals surface area contributed by atoms with Crippen LogP contribution in [0.25, 0.3) is 0 Å². The van der Waals surface area contributed by atoms with E-state index in [1.807, 2.05) is 18.5 Å². The summed E-state index contributed by atoms with van der Waals surface area (Å²) in [6.45, 7) is 8.72. The number of likely N-dealkylation sites (tertiary alicyclic amines) is 1. The van der Waals surface area contributed by atoms with Gasteiger partial charge in [-0.15, -0.1) is 0 Å². The molecule has 4 nitrogen and oxygen atoms in total. The average molecular weight is 395 g/mol. The standard InChI is InChI=1S/C25H34N2O2/c1-17-7-5-10-25(2)14-23-19(13-21(17)25)20(24(28)29-23)16-27-12-4-3-9-22(27)18-8-6-11-26-15-18/h6,8,11,15,19-23H,1,3-5,7,9-10,12-14,16H2,2H3/t19-,20-,21+,22-,23-,25-/m1/s1. The van der Waals surface area contributed by atoms with E-state index in [2.05, 4.69) is 29.5 Å². The molecule has 6 atom stereocenters. The second-order valence-electron chi connectivity index (χ2n) is 10.2. The normalized spacial score (nSPS) is 40.2. The second-order valence-corrected chi connectivity index (χ2v) is 10.2. The first kappa shape index (κ1) is 19.3. The van der Waals surface area contributed by atoms with Crippen molar-refractivity contribution in [2.24, 2.45) is 23.2 Å². The molecule has 5 rings (SSSR count). The molecular formula is C25H34N2O2. The van der Waals surface area contributed by atoms with Gasteiger partial charge in [-0.2, -0.15) is 0 Å². The van der Waals surface area contributed by atoms with Crippen LogP contribution in [0.3, 0.4) is 0 Å². The third-order valence-electron chi connectivity index (χ3n) is 8.43. The van der Waals surface area contributed by atoms with E-state index in [1.54, 1.807) is 0 Å². The van der Waals surface area contributed by atoms with E-state index in [0.29, 0.717) is 17.9 Å². The van der Waals surface area contributed by atoms with Crippen LogP contribution < -0.4 is 0 Å². The van der Waals surface area contributed by atoms with E-state index in [0.717, 1.165) is 38.8 Å². The van der Waals surface area contributed by atoms with Gasteiger partial charge in [-0.3, -0.25) is 14.7 Å².